The number of ether oxygens (including phenoxy) is 3. The molecule has 72 valence electrons. The molecule has 0 N–H and O–H groups in total. The van der Waals surface area contributed by atoms with E-state index in [0.717, 1.165) is 6.08 Å². The third-order valence-electron chi connectivity index (χ3n) is 0.939. The van der Waals surface area contributed by atoms with Gasteiger partial charge in [0, 0.05) is 6.08 Å². The number of hydrogen-bond acceptors (Lipinski definition) is 4. The summed E-state index contributed by atoms with van der Waals surface area (Å²) in [5.41, 5.74) is 0. The van der Waals surface area contributed by atoms with E-state index in [1.54, 1.807) is 0 Å². The second kappa shape index (κ2) is 8.39. The highest BCUT2D eigenvalue weighted by molar-refractivity contribution is 5.81. The first-order valence-corrected chi connectivity index (χ1v) is 3.63. The fourth-order valence-electron chi connectivity index (χ4n) is 0.444. The van der Waals surface area contributed by atoms with E-state index in [2.05, 4.69) is 22.6 Å². The van der Waals surface area contributed by atoms with E-state index < -0.39 is 5.97 Å². The molecule has 0 amide bonds. The standard InChI is InChI=1S/C9H12O4/c1-3-9(10)13-8-7-12-6-5-11-4-2/h3-6H,1-2,7-8H2/b6-5+. The van der Waals surface area contributed by atoms with Gasteiger partial charge in [0.25, 0.3) is 0 Å². The predicted molar refractivity (Wildman–Crippen MR) is 47.5 cm³/mol. The van der Waals surface area contributed by atoms with Crippen molar-refractivity contribution >= 4 is 5.97 Å². The van der Waals surface area contributed by atoms with Crippen molar-refractivity contribution in [1.82, 2.24) is 0 Å². The number of esters is 1. The molecule has 0 aliphatic rings. The van der Waals surface area contributed by atoms with Crippen LogP contribution < -0.4 is 0 Å². The van der Waals surface area contributed by atoms with Crippen LogP contribution in [-0.2, 0) is 19.0 Å². The van der Waals surface area contributed by atoms with Crippen molar-refractivity contribution in [2.75, 3.05) is 13.2 Å². The molecule has 0 spiro atoms. The molecule has 0 radical (unpaired) electrons. The Kier molecular flexibility index (Phi) is 7.28. The Hall–Kier alpha value is -1.71. The van der Waals surface area contributed by atoms with Crippen molar-refractivity contribution in [3.63, 3.8) is 0 Å². The molecule has 0 saturated heterocycles. The molecule has 0 rings (SSSR count). The van der Waals surface area contributed by atoms with Crippen molar-refractivity contribution in [3.8, 4) is 0 Å². The second-order valence-electron chi connectivity index (χ2n) is 1.82. The van der Waals surface area contributed by atoms with Crippen LogP contribution in [0, 0.1) is 0 Å². The molecule has 0 aromatic rings. The summed E-state index contributed by atoms with van der Waals surface area (Å²) in [5.74, 6) is -0.463. The zero-order valence-corrected chi connectivity index (χ0v) is 7.27. The third-order valence-corrected chi connectivity index (χ3v) is 0.939. The maximum atomic E-state index is 10.5. The Morgan fingerprint density at radius 1 is 1.23 bits per heavy atom. The molecule has 0 unspecified atom stereocenters. The first-order valence-electron chi connectivity index (χ1n) is 3.63. The number of carbonyl (C=O) groups is 1. The van der Waals surface area contributed by atoms with Gasteiger partial charge < -0.3 is 14.2 Å². The summed E-state index contributed by atoms with van der Waals surface area (Å²) in [6.07, 6.45) is 5.01. The quantitative estimate of drug-likeness (QED) is 0.259. The van der Waals surface area contributed by atoms with Crippen LogP contribution >= 0.6 is 0 Å². The molecule has 13 heavy (non-hydrogen) atoms. The molecule has 0 bridgehead atoms. The van der Waals surface area contributed by atoms with Crippen molar-refractivity contribution in [2.24, 2.45) is 0 Å². The molecule has 0 atom stereocenters. The first-order chi connectivity index (χ1) is 6.31. The molecule has 0 saturated carbocycles. The Labute approximate surface area is 77.1 Å². The van der Waals surface area contributed by atoms with Crippen molar-refractivity contribution in [1.29, 1.82) is 0 Å². The Morgan fingerprint density at radius 2 is 2.00 bits per heavy atom. The molecule has 0 aliphatic carbocycles. The lowest BCUT2D eigenvalue weighted by molar-refractivity contribution is -0.138. The summed E-state index contributed by atoms with van der Waals surface area (Å²) in [5, 5.41) is 0. The normalized spacial score (nSPS) is 9.23. The fraction of sp³-hybridized carbons (Fsp3) is 0.222. The van der Waals surface area contributed by atoms with Gasteiger partial charge in [-0.15, -0.1) is 0 Å². The zero-order chi connectivity index (χ0) is 9.94. The predicted octanol–water partition coefficient (Wildman–Crippen LogP) is 1.36. The smallest absolute Gasteiger partial charge is 0.330 e. The van der Waals surface area contributed by atoms with E-state index in [-0.39, 0.29) is 13.2 Å². The third kappa shape index (κ3) is 8.19. The van der Waals surface area contributed by atoms with E-state index in [0.29, 0.717) is 0 Å². The van der Waals surface area contributed by atoms with Crippen molar-refractivity contribution in [3.05, 3.63) is 38.0 Å². The minimum absolute atomic E-state index is 0.184. The maximum Gasteiger partial charge on any atom is 0.330 e. The van der Waals surface area contributed by atoms with Gasteiger partial charge in [0.2, 0.25) is 0 Å². The van der Waals surface area contributed by atoms with Gasteiger partial charge in [-0.1, -0.05) is 13.2 Å². The molecule has 4 nitrogen and oxygen atoms in total. The van der Waals surface area contributed by atoms with Gasteiger partial charge in [-0.2, -0.15) is 0 Å². The fourth-order valence-corrected chi connectivity index (χ4v) is 0.444. The molecule has 4 heteroatoms. The molecule has 0 heterocycles. The SMILES string of the molecule is C=CO/C=C/OCCOC(=O)C=C. The monoisotopic (exact) mass is 184 g/mol. The maximum absolute atomic E-state index is 10.5. The summed E-state index contributed by atoms with van der Waals surface area (Å²) in [4.78, 5) is 10.5. The molecule has 0 aromatic carbocycles. The topological polar surface area (TPSA) is 44.8 Å². The highest BCUT2D eigenvalue weighted by Crippen LogP contribution is 1.83. The van der Waals surface area contributed by atoms with Gasteiger partial charge >= 0.3 is 5.97 Å². The average molecular weight is 184 g/mol. The molecule has 0 aliphatic heterocycles. The van der Waals surface area contributed by atoms with Crippen LogP contribution in [-0.4, -0.2) is 19.2 Å². The lowest BCUT2D eigenvalue weighted by atomic mass is 10.6. The van der Waals surface area contributed by atoms with Gasteiger partial charge in [0.1, 0.15) is 25.7 Å². The molecule has 0 aromatic heterocycles. The van der Waals surface area contributed by atoms with Gasteiger partial charge in [0.05, 0.1) is 6.26 Å². The van der Waals surface area contributed by atoms with E-state index in [1.165, 1.54) is 18.8 Å². The molecular formula is C9H12O4. The average Bonchev–Trinajstić information content (AvgIpc) is 2.16. The van der Waals surface area contributed by atoms with Crippen LogP contribution in [0.2, 0.25) is 0 Å². The van der Waals surface area contributed by atoms with Gasteiger partial charge in [-0.3, -0.25) is 0 Å². The lowest BCUT2D eigenvalue weighted by Crippen LogP contribution is -2.06. The van der Waals surface area contributed by atoms with E-state index in [1.807, 2.05) is 0 Å². The van der Waals surface area contributed by atoms with Crippen LogP contribution in [0.25, 0.3) is 0 Å². The van der Waals surface area contributed by atoms with Crippen molar-refractivity contribution < 1.29 is 19.0 Å². The van der Waals surface area contributed by atoms with Gasteiger partial charge in [0.15, 0.2) is 0 Å². The zero-order valence-electron chi connectivity index (χ0n) is 7.27. The minimum Gasteiger partial charge on any atom is -0.494 e. The van der Waals surface area contributed by atoms with Gasteiger partial charge in [-0.05, 0) is 0 Å². The molecule has 0 fully saturated rings. The Morgan fingerprint density at radius 3 is 2.62 bits per heavy atom. The first kappa shape index (κ1) is 11.3. The van der Waals surface area contributed by atoms with E-state index in [4.69, 9.17) is 4.74 Å². The van der Waals surface area contributed by atoms with Crippen LogP contribution in [0.3, 0.4) is 0 Å². The number of rotatable bonds is 7. The highest BCUT2D eigenvalue weighted by atomic mass is 16.6. The summed E-state index contributed by atoms with van der Waals surface area (Å²) < 4.78 is 14.1. The van der Waals surface area contributed by atoms with Crippen molar-refractivity contribution in [2.45, 2.75) is 0 Å². The van der Waals surface area contributed by atoms with Gasteiger partial charge in [-0.25, -0.2) is 4.79 Å². The number of hydrogen-bond donors (Lipinski definition) is 0. The summed E-state index contributed by atoms with van der Waals surface area (Å²) in [7, 11) is 0. The summed E-state index contributed by atoms with van der Waals surface area (Å²) >= 11 is 0. The van der Waals surface area contributed by atoms with Crippen LogP contribution in [0.1, 0.15) is 0 Å². The summed E-state index contributed by atoms with van der Waals surface area (Å²) in [6, 6.07) is 0. The van der Waals surface area contributed by atoms with Crippen LogP contribution in [0.4, 0.5) is 0 Å². The summed E-state index contributed by atoms with van der Waals surface area (Å²) in [6.45, 7) is 7.02. The molecular weight excluding hydrogens is 172 g/mol. The Bertz CT molecular complexity index is 196. The lowest BCUT2D eigenvalue weighted by Gasteiger charge is -2.00. The van der Waals surface area contributed by atoms with Crippen LogP contribution in [0.5, 0.6) is 0 Å². The highest BCUT2D eigenvalue weighted by Gasteiger charge is 1.92. The largest absolute Gasteiger partial charge is 0.494 e. The van der Waals surface area contributed by atoms with Crippen LogP contribution in [0.15, 0.2) is 38.0 Å². The van der Waals surface area contributed by atoms with E-state index >= 15 is 0 Å². The second-order valence-corrected chi connectivity index (χ2v) is 1.82. The minimum atomic E-state index is -0.463. The number of carbonyl (C=O) groups excluding carboxylic acids is 1. The Balaban J connectivity index is 3.21. The van der Waals surface area contributed by atoms with E-state index in [9.17, 15) is 4.79 Å².